The number of nitrogens with two attached hydrogens (primary N) is 1. The average Bonchev–Trinajstić information content (AvgIpc) is 3.65. The molecule has 6 atom stereocenters. The molecule has 1 saturated heterocycles. The first-order valence-electron chi connectivity index (χ1n) is 17.0. The third kappa shape index (κ3) is 10.5. The number of nitriles is 1. The van der Waals surface area contributed by atoms with Crippen molar-refractivity contribution >= 4 is 42.9 Å². The maximum absolute atomic E-state index is 14.4. The zero-order valence-corrected chi connectivity index (χ0v) is 30.7. The van der Waals surface area contributed by atoms with Gasteiger partial charge in [0.25, 0.3) is 0 Å². The van der Waals surface area contributed by atoms with E-state index in [1.807, 2.05) is 19.9 Å². The van der Waals surface area contributed by atoms with Crippen LogP contribution in [0, 0.1) is 11.3 Å². The Morgan fingerprint density at radius 1 is 1.00 bits per heavy atom. The van der Waals surface area contributed by atoms with Crippen LogP contribution in [0.3, 0.4) is 0 Å². The quantitative estimate of drug-likeness (QED) is 0.100. The summed E-state index contributed by atoms with van der Waals surface area (Å²) in [5.74, 6) is -2.77. The predicted octanol–water partition coefficient (Wildman–Crippen LogP) is 3.06. The lowest BCUT2D eigenvalue weighted by atomic mass is 9.95. The Kier molecular flexibility index (Phi) is 15.3. The highest BCUT2D eigenvalue weighted by molar-refractivity contribution is 7.54. The number of carbonyl (C=O) groups excluding carboxylic acids is 4. The van der Waals surface area contributed by atoms with Gasteiger partial charge >= 0.3 is 31.5 Å². The molecule has 0 aliphatic carbocycles. The average molecular weight is 738 g/mol. The van der Waals surface area contributed by atoms with Crippen LogP contribution in [0.4, 0.5) is 5.82 Å². The topological polar surface area (TPSA) is 245 Å². The molecule has 0 amide bonds. The Morgan fingerprint density at radius 2 is 1.57 bits per heavy atom. The highest BCUT2D eigenvalue weighted by Gasteiger charge is 2.62. The van der Waals surface area contributed by atoms with Gasteiger partial charge in [0, 0.05) is 12.8 Å². The van der Waals surface area contributed by atoms with Gasteiger partial charge in [-0.2, -0.15) is 10.4 Å². The molecule has 0 aromatic carbocycles. The van der Waals surface area contributed by atoms with Crippen molar-refractivity contribution in [3.63, 3.8) is 0 Å². The van der Waals surface area contributed by atoms with Crippen LogP contribution in [0.15, 0.2) is 18.5 Å². The zero-order valence-electron chi connectivity index (χ0n) is 29.8. The van der Waals surface area contributed by atoms with E-state index in [0.29, 0.717) is 31.2 Å². The number of carbonyl (C=O) groups is 4. The molecule has 0 radical (unpaired) electrons. The van der Waals surface area contributed by atoms with E-state index in [-0.39, 0.29) is 37.6 Å². The molecule has 3 rings (SSSR count). The molecule has 282 valence electrons. The van der Waals surface area contributed by atoms with Gasteiger partial charge in [-0.25, -0.2) is 19.7 Å². The van der Waals surface area contributed by atoms with Crippen molar-refractivity contribution in [1.82, 2.24) is 24.8 Å². The lowest BCUT2D eigenvalue weighted by Crippen LogP contribution is -2.50. The van der Waals surface area contributed by atoms with Gasteiger partial charge in [-0.1, -0.05) is 26.7 Å². The van der Waals surface area contributed by atoms with E-state index in [1.54, 1.807) is 26.0 Å². The summed E-state index contributed by atoms with van der Waals surface area (Å²) in [7, 11) is -4.48. The SMILES string of the molecule is CCCCC(=O)O[C@H]1[C@H](c2ccc3c(N)ncnn23)O[C@](C#N)(COP(=O)(N[C@@H](C)C(=O)OCC)N[C@@H](C)C(=O)OCC)[C@H]1OC(=O)CCCC. The normalized spacial score (nSPS) is 21.4. The number of aromatic nitrogens is 3. The highest BCUT2D eigenvalue weighted by atomic mass is 31.2. The second-order valence-electron chi connectivity index (χ2n) is 11.8. The van der Waals surface area contributed by atoms with Gasteiger partial charge in [0.1, 0.15) is 42.7 Å². The third-order valence-electron chi connectivity index (χ3n) is 7.85. The minimum atomic E-state index is -4.48. The molecule has 0 bridgehead atoms. The summed E-state index contributed by atoms with van der Waals surface area (Å²) < 4.78 is 49.9. The third-order valence-corrected chi connectivity index (χ3v) is 9.80. The van der Waals surface area contributed by atoms with Crippen molar-refractivity contribution in [3.05, 3.63) is 24.2 Å². The van der Waals surface area contributed by atoms with Crippen molar-refractivity contribution in [2.45, 2.75) is 116 Å². The molecule has 3 heterocycles. The first-order valence-corrected chi connectivity index (χ1v) is 18.6. The fourth-order valence-electron chi connectivity index (χ4n) is 5.23. The number of anilines is 1. The predicted molar refractivity (Wildman–Crippen MR) is 180 cm³/mol. The number of nitrogens with zero attached hydrogens (tertiary/aromatic N) is 4. The summed E-state index contributed by atoms with van der Waals surface area (Å²) in [5, 5.41) is 20.1. The number of rotatable bonds is 20. The van der Waals surface area contributed by atoms with Crippen LogP contribution in [0.5, 0.6) is 0 Å². The number of fused-ring (bicyclic) bond motifs is 1. The Morgan fingerprint density at radius 3 is 2.10 bits per heavy atom. The van der Waals surface area contributed by atoms with Gasteiger partial charge < -0.3 is 33.9 Å². The maximum atomic E-state index is 14.4. The fraction of sp³-hybridized carbons (Fsp3) is 0.656. The molecule has 18 nitrogen and oxygen atoms in total. The lowest BCUT2D eigenvalue weighted by molar-refractivity contribution is -0.169. The first-order chi connectivity index (χ1) is 24.3. The van der Waals surface area contributed by atoms with Crippen LogP contribution in [-0.2, 0) is 52.0 Å². The zero-order chi connectivity index (χ0) is 37.8. The lowest BCUT2D eigenvalue weighted by Gasteiger charge is -2.31. The minimum Gasteiger partial charge on any atom is -0.465 e. The van der Waals surface area contributed by atoms with Crippen molar-refractivity contribution < 1.29 is 52.0 Å². The molecule has 4 N–H and O–H groups in total. The summed E-state index contributed by atoms with van der Waals surface area (Å²) in [6.45, 7) is 8.87. The van der Waals surface area contributed by atoms with Gasteiger partial charge in [-0.15, -0.1) is 0 Å². The summed E-state index contributed by atoms with van der Waals surface area (Å²) in [5.41, 5.74) is 4.44. The number of nitrogen functional groups attached to an aromatic ring is 1. The van der Waals surface area contributed by atoms with E-state index in [1.165, 1.54) is 24.7 Å². The van der Waals surface area contributed by atoms with E-state index < -0.39 is 74.2 Å². The molecule has 0 spiro atoms. The summed E-state index contributed by atoms with van der Waals surface area (Å²) >= 11 is 0. The smallest absolute Gasteiger partial charge is 0.342 e. The Balaban J connectivity index is 2.13. The van der Waals surface area contributed by atoms with Crippen LogP contribution in [0.1, 0.15) is 91.9 Å². The number of esters is 4. The molecule has 0 saturated carbocycles. The molecule has 0 unspecified atom stereocenters. The molecule has 1 aliphatic rings. The van der Waals surface area contributed by atoms with Crippen molar-refractivity contribution in [3.8, 4) is 6.07 Å². The van der Waals surface area contributed by atoms with Gasteiger partial charge in [-0.05, 0) is 52.7 Å². The second-order valence-corrected chi connectivity index (χ2v) is 13.7. The largest absolute Gasteiger partial charge is 0.465 e. The highest BCUT2D eigenvalue weighted by Crippen LogP contribution is 2.48. The van der Waals surface area contributed by atoms with Crippen LogP contribution in [0.2, 0.25) is 0 Å². The van der Waals surface area contributed by atoms with Crippen LogP contribution >= 0.6 is 7.67 Å². The van der Waals surface area contributed by atoms with Crippen LogP contribution in [0.25, 0.3) is 5.52 Å². The van der Waals surface area contributed by atoms with Gasteiger partial charge in [0.15, 0.2) is 18.0 Å². The summed E-state index contributed by atoms with van der Waals surface area (Å²) in [6.07, 6.45) is -0.815. The van der Waals surface area contributed by atoms with E-state index in [2.05, 4.69) is 20.3 Å². The Labute approximate surface area is 296 Å². The molecule has 2 aromatic heterocycles. The molecule has 1 aliphatic heterocycles. The Bertz CT molecular complexity index is 1590. The molecule has 19 heteroatoms. The molecular formula is C32H48N7O11P. The molecule has 1 fully saturated rings. The number of hydrogen-bond donors (Lipinski definition) is 3. The standard InChI is InChI=1S/C32H48N7O11P/c1-7-11-13-24(40)48-27-26(22-15-16-23-29(34)35-19-36-39(22)23)50-32(17-33,28(27)49-25(41)14-12-8-2)18-47-51(44,37-20(5)30(42)45-9-3)38-21(6)31(43)46-10-4/h15-16,19-21,26-28H,7-14,18H2,1-6H3,(H2,34,35,36)(H2,37,38,44)/t20-,21-,26-,27-,28-,32+/m0/s1. The Hall–Kier alpha value is -4.14. The van der Waals surface area contributed by atoms with Gasteiger partial charge in [-0.3, -0.25) is 23.7 Å². The summed E-state index contributed by atoms with van der Waals surface area (Å²) in [4.78, 5) is 55.4. The number of ether oxygens (including phenoxy) is 5. The number of unbranched alkanes of at least 4 members (excludes halogenated alkanes) is 2. The van der Waals surface area contributed by atoms with Crippen LogP contribution in [-0.4, -0.2) is 88.2 Å². The monoisotopic (exact) mass is 737 g/mol. The van der Waals surface area contributed by atoms with Crippen molar-refractivity contribution in [1.29, 1.82) is 5.26 Å². The molecule has 51 heavy (non-hydrogen) atoms. The molecular weight excluding hydrogens is 689 g/mol. The minimum absolute atomic E-state index is 0.0237. The van der Waals surface area contributed by atoms with E-state index in [9.17, 15) is 29.0 Å². The van der Waals surface area contributed by atoms with Gasteiger partial charge in [0.2, 0.25) is 5.60 Å². The second kappa shape index (κ2) is 18.9. The van der Waals surface area contributed by atoms with E-state index >= 15 is 0 Å². The van der Waals surface area contributed by atoms with Crippen molar-refractivity contribution in [2.24, 2.45) is 0 Å². The van der Waals surface area contributed by atoms with Crippen LogP contribution < -0.4 is 15.9 Å². The number of nitrogens with one attached hydrogen (secondary N) is 2. The molecule has 2 aromatic rings. The first kappa shape index (κ1) is 41.3. The van der Waals surface area contributed by atoms with E-state index in [0.717, 1.165) is 0 Å². The number of hydrogen-bond acceptors (Lipinski definition) is 15. The maximum Gasteiger partial charge on any atom is 0.342 e. The fourth-order valence-corrected chi connectivity index (χ4v) is 7.06. The summed E-state index contributed by atoms with van der Waals surface area (Å²) in [6, 6.07) is 2.75. The van der Waals surface area contributed by atoms with Crippen molar-refractivity contribution in [2.75, 3.05) is 25.6 Å². The van der Waals surface area contributed by atoms with Gasteiger partial charge in [0.05, 0.1) is 18.9 Å². The van der Waals surface area contributed by atoms with E-state index in [4.69, 9.17) is 33.9 Å².